The summed E-state index contributed by atoms with van der Waals surface area (Å²) in [7, 11) is 0. The van der Waals surface area contributed by atoms with Gasteiger partial charge in [0.1, 0.15) is 0 Å². The molecule has 4 aromatic rings. The smallest absolute Gasteiger partial charge is 0.315 e. The predicted molar refractivity (Wildman–Crippen MR) is 192 cm³/mol. The molecular formula is C41H45N3O4S. The van der Waals surface area contributed by atoms with E-state index in [-0.39, 0.29) is 30.4 Å². The number of rotatable bonds is 10. The molecule has 5 fully saturated rings. The van der Waals surface area contributed by atoms with Crippen LogP contribution in [0.5, 0.6) is 0 Å². The monoisotopic (exact) mass is 675 g/mol. The normalized spacial score (nSPS) is 28.7. The average Bonchev–Trinajstić information content (AvgIpc) is 3.13. The molecule has 0 radical (unpaired) electrons. The van der Waals surface area contributed by atoms with Gasteiger partial charge < -0.3 is 25.2 Å². The van der Waals surface area contributed by atoms with Crippen LogP contribution in [0.15, 0.2) is 102 Å². The summed E-state index contributed by atoms with van der Waals surface area (Å²) in [5.41, 5.74) is 6.20. The Hall–Kier alpha value is -3.69. The average molecular weight is 676 g/mol. The molecule has 4 aliphatic carbocycles. The minimum Gasteiger partial charge on any atom is -0.392 e. The number of pyridine rings is 1. The summed E-state index contributed by atoms with van der Waals surface area (Å²) < 4.78 is 13.1. The highest BCUT2D eigenvalue weighted by atomic mass is 32.2. The highest BCUT2D eigenvalue weighted by Crippen LogP contribution is 2.55. The predicted octanol–water partition coefficient (Wildman–Crippen LogP) is 8.35. The van der Waals surface area contributed by atoms with E-state index in [1.807, 2.05) is 48.7 Å². The van der Waals surface area contributed by atoms with Crippen LogP contribution in [-0.2, 0) is 22.6 Å². The molecular weight excluding hydrogens is 631 g/mol. The molecule has 3 atom stereocenters. The van der Waals surface area contributed by atoms with Crippen LogP contribution in [0.1, 0.15) is 79.6 Å². The van der Waals surface area contributed by atoms with Crippen LogP contribution < -0.4 is 10.6 Å². The number of benzene rings is 3. The first kappa shape index (κ1) is 32.5. The minimum atomic E-state index is -0.511. The Morgan fingerprint density at radius 3 is 2.22 bits per heavy atom. The fourth-order valence-electron chi connectivity index (χ4n) is 9.06. The largest absolute Gasteiger partial charge is 0.392 e. The number of hydrogen-bond acceptors (Lipinski definition) is 6. The van der Waals surface area contributed by atoms with Gasteiger partial charge in [0.2, 0.25) is 0 Å². The number of hydrogen-bond donors (Lipinski definition) is 3. The Morgan fingerprint density at radius 2 is 1.53 bits per heavy atom. The second-order valence-corrected chi connectivity index (χ2v) is 15.7. The lowest BCUT2D eigenvalue weighted by Crippen LogP contribution is -2.61. The summed E-state index contributed by atoms with van der Waals surface area (Å²) in [6.45, 7) is 0.510. The summed E-state index contributed by atoms with van der Waals surface area (Å²) in [6, 6.07) is 30.7. The number of aliphatic hydroxyl groups is 1. The standard InChI is InChI=1S/C41H45N3O4S/c45-25-27-7-9-33(10-8-27)37-20-36(26-49-38-6-1-2-15-42-38)47-39(48-37)34-13-11-32(12-14-34)35-5-3-4-28(19-35)24-43-40(46)44-41-21-29-16-30(22-41)18-31(17-29)23-41/h1-15,19,29-31,36-37,39,45H,16-18,20-26H2,(H2,43,44,46). The van der Waals surface area contributed by atoms with Gasteiger partial charge in [0.05, 0.1) is 23.8 Å². The zero-order valence-electron chi connectivity index (χ0n) is 27.8. The van der Waals surface area contributed by atoms with Crippen molar-refractivity contribution in [2.75, 3.05) is 5.75 Å². The quantitative estimate of drug-likeness (QED) is 0.146. The summed E-state index contributed by atoms with van der Waals surface area (Å²) in [5, 5.41) is 17.1. The molecule has 49 heavy (non-hydrogen) atoms. The van der Waals surface area contributed by atoms with Crippen molar-refractivity contribution in [3.05, 3.63) is 119 Å². The molecule has 3 aromatic carbocycles. The number of nitrogens with zero attached hydrogens (tertiary/aromatic N) is 1. The third kappa shape index (κ3) is 7.58. The van der Waals surface area contributed by atoms with Crippen molar-refractivity contribution in [1.82, 2.24) is 15.6 Å². The van der Waals surface area contributed by atoms with Crippen LogP contribution in [0.2, 0.25) is 0 Å². The molecule has 3 N–H and O–H groups in total. The van der Waals surface area contributed by atoms with Gasteiger partial charge in [0.25, 0.3) is 0 Å². The van der Waals surface area contributed by atoms with Gasteiger partial charge in [-0.15, -0.1) is 11.8 Å². The molecule has 8 heteroatoms. The van der Waals surface area contributed by atoms with E-state index in [0.29, 0.717) is 6.54 Å². The highest BCUT2D eigenvalue weighted by molar-refractivity contribution is 7.99. The third-order valence-electron chi connectivity index (χ3n) is 11.0. The van der Waals surface area contributed by atoms with Crippen LogP contribution in [0.4, 0.5) is 4.79 Å². The summed E-state index contributed by atoms with van der Waals surface area (Å²) in [5.74, 6) is 3.17. The van der Waals surface area contributed by atoms with Crippen LogP contribution in [0.3, 0.4) is 0 Å². The van der Waals surface area contributed by atoms with E-state index < -0.39 is 6.29 Å². The Kier molecular flexibility index (Phi) is 9.47. The molecule has 3 unspecified atom stereocenters. The molecule has 254 valence electrons. The molecule has 0 spiro atoms. The van der Waals surface area contributed by atoms with Gasteiger partial charge in [-0.2, -0.15) is 0 Å². The Balaban J connectivity index is 0.919. The molecule has 2 amide bonds. The molecule has 7 nitrogen and oxygen atoms in total. The number of nitrogens with one attached hydrogen (secondary N) is 2. The maximum Gasteiger partial charge on any atom is 0.315 e. The van der Waals surface area contributed by atoms with Crippen LogP contribution in [0.25, 0.3) is 11.1 Å². The van der Waals surface area contributed by atoms with Crippen molar-refractivity contribution in [2.45, 2.75) is 87.2 Å². The lowest BCUT2D eigenvalue weighted by atomic mass is 9.53. The first-order valence-corrected chi connectivity index (χ1v) is 18.8. The zero-order chi connectivity index (χ0) is 33.2. The van der Waals surface area contributed by atoms with Crippen molar-refractivity contribution in [3.63, 3.8) is 0 Å². The van der Waals surface area contributed by atoms with Crippen molar-refractivity contribution < 1.29 is 19.4 Å². The van der Waals surface area contributed by atoms with E-state index in [4.69, 9.17) is 9.47 Å². The first-order valence-electron chi connectivity index (χ1n) is 17.8. The first-order chi connectivity index (χ1) is 24.0. The fraction of sp³-hybridized carbons (Fsp3) is 0.415. The third-order valence-corrected chi connectivity index (χ3v) is 12.1. The fourth-order valence-corrected chi connectivity index (χ4v) is 9.94. The van der Waals surface area contributed by atoms with Crippen LogP contribution in [0, 0.1) is 17.8 Å². The lowest BCUT2D eigenvalue weighted by Gasteiger charge is -2.56. The van der Waals surface area contributed by atoms with Gasteiger partial charge >= 0.3 is 6.03 Å². The van der Waals surface area contributed by atoms with Crippen LogP contribution >= 0.6 is 11.8 Å². The number of aromatic nitrogens is 1. The van der Waals surface area contributed by atoms with Crippen molar-refractivity contribution >= 4 is 17.8 Å². The highest BCUT2D eigenvalue weighted by Gasteiger charge is 2.51. The second kappa shape index (κ2) is 14.3. The number of thioether (sulfide) groups is 1. The molecule has 1 saturated heterocycles. The van der Waals surface area contributed by atoms with Gasteiger partial charge in [0, 0.05) is 36.0 Å². The molecule has 4 bridgehead atoms. The Bertz CT molecular complexity index is 1700. The van der Waals surface area contributed by atoms with E-state index >= 15 is 0 Å². The van der Waals surface area contributed by atoms with Gasteiger partial charge in [-0.05, 0) is 102 Å². The molecule has 1 aliphatic heterocycles. The van der Waals surface area contributed by atoms with Crippen LogP contribution in [-0.4, -0.2) is 33.5 Å². The van der Waals surface area contributed by atoms with Crippen molar-refractivity contribution in [2.24, 2.45) is 17.8 Å². The Morgan fingerprint density at radius 1 is 0.796 bits per heavy atom. The molecule has 9 rings (SSSR count). The number of aliphatic hydroxyl groups excluding tert-OH is 1. The summed E-state index contributed by atoms with van der Waals surface area (Å²) in [6.07, 6.45) is 9.42. The summed E-state index contributed by atoms with van der Waals surface area (Å²) >= 11 is 1.69. The molecule has 2 heterocycles. The van der Waals surface area contributed by atoms with E-state index in [9.17, 15) is 9.90 Å². The van der Waals surface area contributed by atoms with Gasteiger partial charge in [-0.3, -0.25) is 0 Å². The number of ether oxygens (including phenoxy) is 2. The number of carbonyl (C=O) groups excluding carboxylic acids is 1. The Labute approximate surface area is 293 Å². The number of amides is 2. The van der Waals surface area contributed by atoms with Crippen molar-refractivity contribution in [3.8, 4) is 11.1 Å². The topological polar surface area (TPSA) is 92.7 Å². The molecule has 5 aliphatic rings. The zero-order valence-corrected chi connectivity index (χ0v) is 28.6. The SMILES string of the molecule is O=C(NCc1cccc(-c2ccc(C3OC(CSc4ccccn4)CC(c4ccc(CO)cc4)O3)cc2)c1)NC12CC3CC(CC(C3)C1)C2. The maximum absolute atomic E-state index is 13.1. The van der Waals surface area contributed by atoms with E-state index in [2.05, 4.69) is 64.1 Å². The van der Waals surface area contributed by atoms with E-state index in [1.54, 1.807) is 11.8 Å². The molecule has 1 aromatic heterocycles. The number of carbonyl (C=O) groups is 1. The van der Waals surface area contributed by atoms with E-state index in [0.717, 1.165) is 87.6 Å². The second-order valence-electron chi connectivity index (χ2n) is 14.7. The minimum absolute atomic E-state index is 0.0106. The van der Waals surface area contributed by atoms with Gasteiger partial charge in [-0.1, -0.05) is 72.8 Å². The lowest BCUT2D eigenvalue weighted by molar-refractivity contribution is -0.245. The van der Waals surface area contributed by atoms with Gasteiger partial charge in [0.15, 0.2) is 6.29 Å². The maximum atomic E-state index is 13.1. The van der Waals surface area contributed by atoms with Crippen molar-refractivity contribution in [1.29, 1.82) is 0 Å². The van der Waals surface area contributed by atoms with Gasteiger partial charge in [-0.25, -0.2) is 9.78 Å². The molecule has 4 saturated carbocycles. The van der Waals surface area contributed by atoms with E-state index in [1.165, 1.54) is 19.3 Å². The number of urea groups is 1. The summed E-state index contributed by atoms with van der Waals surface area (Å²) in [4.78, 5) is 17.5.